The van der Waals surface area contributed by atoms with E-state index >= 15 is 0 Å². The van der Waals surface area contributed by atoms with E-state index in [9.17, 15) is 4.79 Å². The Morgan fingerprint density at radius 2 is 2.00 bits per heavy atom. The average molecular weight is 269 g/mol. The third-order valence-electron chi connectivity index (χ3n) is 1.79. The lowest BCUT2D eigenvalue weighted by atomic mass is 10.3. The molecule has 0 saturated carbocycles. The molecule has 0 atom stereocenters. The quantitative estimate of drug-likeness (QED) is 0.345. The van der Waals surface area contributed by atoms with Crippen LogP contribution in [0.2, 0.25) is 0 Å². The number of carbonyl (C=O) groups excluding carboxylic acids is 1. The van der Waals surface area contributed by atoms with Crippen molar-refractivity contribution in [3.63, 3.8) is 0 Å². The van der Waals surface area contributed by atoms with Crippen molar-refractivity contribution in [2.75, 3.05) is 5.43 Å². The van der Waals surface area contributed by atoms with Crippen LogP contribution >= 0.6 is 11.3 Å². The molecule has 1 aromatic rings. The molecule has 0 aliphatic carbocycles. The first-order valence-electron chi connectivity index (χ1n) is 5.03. The largest absolute Gasteiger partial charge is 0.369 e. The van der Waals surface area contributed by atoms with Gasteiger partial charge in [-0.3, -0.25) is 15.6 Å². The van der Waals surface area contributed by atoms with Gasteiger partial charge >= 0.3 is 0 Å². The highest BCUT2D eigenvalue weighted by molar-refractivity contribution is 7.17. The predicted octanol–water partition coefficient (Wildman–Crippen LogP) is -0.0881. The monoisotopic (exact) mass is 269 g/mol. The number of nitrogens with two attached hydrogens (primary N) is 2. The molecule has 0 aromatic carbocycles. The number of anilines is 1. The molecule has 1 amide bonds. The number of nitrogens with one attached hydrogen (secondary N) is 2. The van der Waals surface area contributed by atoms with E-state index in [0.29, 0.717) is 10.8 Å². The summed E-state index contributed by atoms with van der Waals surface area (Å²) in [7, 11) is 0. The number of rotatable bonds is 4. The molecule has 0 saturated heterocycles. The van der Waals surface area contributed by atoms with E-state index in [-0.39, 0.29) is 11.9 Å². The predicted molar refractivity (Wildman–Crippen MR) is 72.3 cm³/mol. The summed E-state index contributed by atoms with van der Waals surface area (Å²) >= 11 is 1.34. The minimum Gasteiger partial charge on any atom is -0.369 e. The van der Waals surface area contributed by atoms with Gasteiger partial charge in [0.25, 0.3) is 0 Å². The molecule has 9 heteroatoms. The van der Waals surface area contributed by atoms with Crippen LogP contribution in [0.1, 0.15) is 24.4 Å². The van der Waals surface area contributed by atoms with Crippen molar-refractivity contribution in [2.24, 2.45) is 21.7 Å². The van der Waals surface area contributed by atoms with Crippen LogP contribution in [0.4, 0.5) is 5.13 Å². The first-order chi connectivity index (χ1) is 8.40. The Hall–Kier alpha value is -2.16. The summed E-state index contributed by atoms with van der Waals surface area (Å²) < 4.78 is 0. The van der Waals surface area contributed by atoms with Crippen molar-refractivity contribution in [1.29, 1.82) is 0 Å². The van der Waals surface area contributed by atoms with Gasteiger partial charge in [-0.05, 0) is 13.8 Å². The average Bonchev–Trinajstić information content (AvgIpc) is 2.64. The van der Waals surface area contributed by atoms with Gasteiger partial charge in [0.1, 0.15) is 0 Å². The molecule has 1 aromatic heterocycles. The van der Waals surface area contributed by atoms with Gasteiger partial charge in [-0.1, -0.05) is 11.3 Å². The van der Waals surface area contributed by atoms with Crippen LogP contribution in [0, 0.1) is 6.92 Å². The van der Waals surface area contributed by atoms with Gasteiger partial charge in [0, 0.05) is 6.92 Å². The Labute approximate surface area is 108 Å². The van der Waals surface area contributed by atoms with E-state index in [4.69, 9.17) is 11.5 Å². The lowest BCUT2D eigenvalue weighted by Crippen LogP contribution is -2.26. The third kappa shape index (κ3) is 4.01. The van der Waals surface area contributed by atoms with E-state index < -0.39 is 0 Å². The number of amides is 1. The molecule has 0 aliphatic heterocycles. The van der Waals surface area contributed by atoms with Crippen LogP contribution in [0.3, 0.4) is 0 Å². The second kappa shape index (κ2) is 5.96. The Kier molecular flexibility index (Phi) is 4.60. The highest BCUT2D eigenvalue weighted by atomic mass is 32.1. The van der Waals surface area contributed by atoms with Crippen molar-refractivity contribution in [2.45, 2.75) is 20.8 Å². The third-order valence-corrected chi connectivity index (χ3v) is 2.97. The van der Waals surface area contributed by atoms with Gasteiger partial charge in [0.05, 0.1) is 16.3 Å². The van der Waals surface area contributed by atoms with Crippen LogP contribution in [0.5, 0.6) is 0 Å². The first-order valence-corrected chi connectivity index (χ1v) is 5.85. The minimum absolute atomic E-state index is 0.104. The summed E-state index contributed by atoms with van der Waals surface area (Å²) in [5.74, 6) is -0.302. The van der Waals surface area contributed by atoms with Crippen LogP contribution in [-0.2, 0) is 4.79 Å². The Balaban J connectivity index is 2.87. The van der Waals surface area contributed by atoms with Crippen LogP contribution < -0.4 is 22.3 Å². The van der Waals surface area contributed by atoms with Crippen LogP contribution in [0.15, 0.2) is 10.2 Å². The molecular weight excluding hydrogens is 254 g/mol. The number of guanidine groups is 1. The van der Waals surface area contributed by atoms with Crippen LogP contribution in [0.25, 0.3) is 0 Å². The summed E-state index contributed by atoms with van der Waals surface area (Å²) in [5, 5.41) is 8.01. The van der Waals surface area contributed by atoms with Crippen molar-refractivity contribution in [3.05, 3.63) is 10.6 Å². The maximum atomic E-state index is 10.8. The van der Waals surface area contributed by atoms with Gasteiger partial charge in [0.15, 0.2) is 0 Å². The number of nitrogens with zero attached hydrogens (tertiary/aromatic N) is 3. The van der Waals surface area contributed by atoms with Crippen molar-refractivity contribution in [1.82, 2.24) is 10.4 Å². The Morgan fingerprint density at radius 3 is 2.56 bits per heavy atom. The molecule has 1 heterocycles. The van der Waals surface area contributed by atoms with Gasteiger partial charge in [0.2, 0.25) is 17.0 Å². The molecule has 18 heavy (non-hydrogen) atoms. The van der Waals surface area contributed by atoms with E-state index in [1.54, 1.807) is 6.92 Å². The molecule has 8 nitrogen and oxygen atoms in total. The maximum absolute atomic E-state index is 10.8. The molecule has 0 unspecified atom stereocenters. The van der Waals surface area contributed by atoms with Gasteiger partial charge in [-0.25, -0.2) is 4.98 Å². The summed E-state index contributed by atoms with van der Waals surface area (Å²) in [5.41, 5.74) is 16.9. The molecule has 0 spiro atoms. The fourth-order valence-corrected chi connectivity index (χ4v) is 1.97. The van der Waals surface area contributed by atoms with Crippen molar-refractivity contribution in [3.8, 4) is 0 Å². The fourth-order valence-electron chi connectivity index (χ4n) is 1.11. The van der Waals surface area contributed by atoms with Gasteiger partial charge < -0.3 is 11.5 Å². The second-order valence-electron chi connectivity index (χ2n) is 3.45. The van der Waals surface area contributed by atoms with E-state index in [1.807, 2.05) is 6.92 Å². The summed E-state index contributed by atoms with van der Waals surface area (Å²) in [6.45, 7) is 5.01. The maximum Gasteiger partial charge on any atom is 0.235 e. The molecular formula is C9H15N7OS. The number of hydrazine groups is 1. The second-order valence-corrected chi connectivity index (χ2v) is 4.45. The number of hydrogen-bond donors (Lipinski definition) is 4. The summed E-state index contributed by atoms with van der Waals surface area (Å²) in [4.78, 5) is 15.8. The Morgan fingerprint density at radius 1 is 1.33 bits per heavy atom. The van der Waals surface area contributed by atoms with E-state index in [2.05, 4.69) is 26.0 Å². The standard InChI is InChI=1S/C9H15N7OS/c1-4-7(5(2)13-15-8(10)11)18-9(12-4)16-14-6(3)17/h1-3H3,(H,12,16)(H,14,17)(H4,10,11,15). The first kappa shape index (κ1) is 13.9. The lowest BCUT2D eigenvalue weighted by molar-refractivity contribution is -0.118. The fraction of sp³-hybridized carbons (Fsp3) is 0.333. The number of hydrogen-bond acceptors (Lipinski definition) is 6. The molecule has 0 bridgehead atoms. The molecule has 0 aliphatic rings. The highest BCUT2D eigenvalue weighted by Crippen LogP contribution is 2.22. The summed E-state index contributed by atoms with van der Waals surface area (Å²) in [6.07, 6.45) is 0. The van der Waals surface area contributed by atoms with Gasteiger partial charge in [-0.2, -0.15) is 5.10 Å². The number of aryl methyl sites for hydroxylation is 1. The SMILES string of the molecule is CC(=O)NNc1nc(C)c(C(C)=NN=C(N)N)s1. The van der Waals surface area contributed by atoms with E-state index in [0.717, 1.165) is 10.6 Å². The number of carbonyl (C=O) groups is 1. The molecule has 6 N–H and O–H groups in total. The zero-order valence-corrected chi connectivity index (χ0v) is 11.1. The molecule has 98 valence electrons. The lowest BCUT2D eigenvalue weighted by Gasteiger charge is -2.00. The highest BCUT2D eigenvalue weighted by Gasteiger charge is 2.10. The molecule has 1 rings (SSSR count). The van der Waals surface area contributed by atoms with Gasteiger partial charge in [-0.15, -0.1) is 5.10 Å². The van der Waals surface area contributed by atoms with E-state index in [1.165, 1.54) is 18.3 Å². The summed E-state index contributed by atoms with van der Waals surface area (Å²) in [6, 6.07) is 0. The van der Waals surface area contributed by atoms with Crippen LogP contribution in [-0.4, -0.2) is 22.6 Å². The number of aromatic nitrogens is 1. The smallest absolute Gasteiger partial charge is 0.235 e. The Bertz CT molecular complexity index is 501. The van der Waals surface area contributed by atoms with Crippen molar-refractivity contribution >= 4 is 34.0 Å². The van der Waals surface area contributed by atoms with Crippen molar-refractivity contribution < 1.29 is 4.79 Å². The minimum atomic E-state index is -0.199. The number of thiazole rings is 1. The normalized spacial score (nSPS) is 10.9. The zero-order valence-electron chi connectivity index (χ0n) is 10.3. The molecule has 0 radical (unpaired) electrons. The zero-order chi connectivity index (χ0) is 13.7. The topological polar surface area (TPSA) is 131 Å². The molecule has 0 fully saturated rings.